The number of nitrogens with zero attached hydrogens (tertiary/aromatic N) is 1. The Bertz CT molecular complexity index is 681. The zero-order valence-electron chi connectivity index (χ0n) is 13.9. The molecule has 3 rings (SSSR count). The van der Waals surface area contributed by atoms with Gasteiger partial charge in [0.2, 0.25) is 0 Å². The number of likely N-dealkylation sites (tertiary alicyclic amines) is 1. The highest BCUT2D eigenvalue weighted by Crippen LogP contribution is 2.53. The van der Waals surface area contributed by atoms with Crippen LogP contribution in [0.4, 0.5) is 23.7 Å². The summed E-state index contributed by atoms with van der Waals surface area (Å²) in [5.41, 5.74) is -0.462. The summed E-state index contributed by atoms with van der Waals surface area (Å²) in [5.74, 6) is 0. The third kappa shape index (κ3) is 2.41. The number of alkyl halides is 3. The number of carbonyl (C=O) groups is 1. The van der Waals surface area contributed by atoms with Gasteiger partial charge >= 0.3 is 12.3 Å². The zero-order chi connectivity index (χ0) is 17.9. The van der Waals surface area contributed by atoms with Crippen LogP contribution in [0.5, 0.6) is 0 Å². The fraction of sp³-hybridized carbons (Fsp3) is 0.588. The van der Waals surface area contributed by atoms with Crippen molar-refractivity contribution < 1.29 is 23.1 Å². The third-order valence-electron chi connectivity index (χ3n) is 5.18. The van der Waals surface area contributed by atoms with E-state index >= 15 is 0 Å². The first-order valence-corrected chi connectivity index (χ1v) is 7.92. The Hall–Kier alpha value is -1.92. The highest BCUT2D eigenvalue weighted by molar-refractivity contribution is 5.69. The average Bonchev–Trinajstić information content (AvgIpc) is 3.00. The van der Waals surface area contributed by atoms with Crippen molar-refractivity contribution in [3.63, 3.8) is 0 Å². The van der Waals surface area contributed by atoms with Gasteiger partial charge in [-0.1, -0.05) is 20.8 Å². The van der Waals surface area contributed by atoms with Gasteiger partial charge in [0.1, 0.15) is 0 Å². The van der Waals surface area contributed by atoms with E-state index in [2.05, 4.69) is 5.32 Å². The topological polar surface area (TPSA) is 52.6 Å². The van der Waals surface area contributed by atoms with Crippen molar-refractivity contribution in [2.75, 3.05) is 18.4 Å². The van der Waals surface area contributed by atoms with E-state index in [1.54, 1.807) is 0 Å². The van der Waals surface area contributed by atoms with Crippen LogP contribution >= 0.6 is 0 Å². The number of anilines is 1. The molecule has 2 aliphatic heterocycles. The lowest BCUT2D eigenvalue weighted by Gasteiger charge is -2.43. The molecule has 2 aliphatic rings. The minimum absolute atomic E-state index is 0.328. The van der Waals surface area contributed by atoms with Crippen LogP contribution in [0, 0.1) is 5.41 Å². The molecule has 0 aromatic heterocycles. The van der Waals surface area contributed by atoms with Crippen LogP contribution in [0.2, 0.25) is 0 Å². The molecule has 1 amide bonds. The first-order chi connectivity index (χ1) is 11.0. The lowest BCUT2D eigenvalue weighted by atomic mass is 9.66. The summed E-state index contributed by atoms with van der Waals surface area (Å²) >= 11 is 0. The number of fused-ring (bicyclic) bond motifs is 2. The summed E-state index contributed by atoms with van der Waals surface area (Å²) in [6, 6.07) is 3.33. The van der Waals surface area contributed by atoms with Crippen molar-refractivity contribution in [1.82, 2.24) is 4.90 Å². The standard InChI is InChI=1S/C17H21F3N2O2/c1-15(2,3)13-16(6-7-22(13)14(23)24)9-21-12-5-4-10(8-11(12)16)17(18,19)20/h4-5,8,13,21H,6-7,9H2,1-3H3,(H,23,24)/t13-,16?/m1/s1. The van der Waals surface area contributed by atoms with Crippen LogP contribution in [-0.4, -0.2) is 35.2 Å². The number of rotatable bonds is 0. The van der Waals surface area contributed by atoms with Crippen molar-refractivity contribution in [1.29, 1.82) is 0 Å². The zero-order valence-corrected chi connectivity index (χ0v) is 13.9. The number of halogens is 3. The number of amides is 1. The molecule has 0 aliphatic carbocycles. The van der Waals surface area contributed by atoms with Crippen molar-refractivity contribution in [2.24, 2.45) is 5.41 Å². The highest BCUT2D eigenvalue weighted by Gasteiger charge is 2.57. The van der Waals surface area contributed by atoms with Gasteiger partial charge in [-0.25, -0.2) is 4.79 Å². The Morgan fingerprint density at radius 3 is 2.54 bits per heavy atom. The summed E-state index contributed by atoms with van der Waals surface area (Å²) < 4.78 is 39.4. The lowest BCUT2D eigenvalue weighted by Crippen LogP contribution is -2.53. The first-order valence-electron chi connectivity index (χ1n) is 7.92. The van der Waals surface area contributed by atoms with E-state index in [1.807, 2.05) is 20.8 Å². The molecule has 2 heterocycles. The molecule has 1 aromatic rings. The number of carboxylic acid groups (broad SMARTS) is 1. The molecule has 2 N–H and O–H groups in total. The maximum absolute atomic E-state index is 13.1. The largest absolute Gasteiger partial charge is 0.465 e. The van der Waals surface area contributed by atoms with Crippen molar-refractivity contribution in [2.45, 2.75) is 44.8 Å². The molecule has 1 unspecified atom stereocenters. The summed E-state index contributed by atoms with van der Waals surface area (Å²) in [7, 11) is 0. The molecular formula is C17H21F3N2O2. The normalized spacial score (nSPS) is 26.6. The second-order valence-electron chi connectivity index (χ2n) is 7.76. The number of hydrogen-bond donors (Lipinski definition) is 2. The molecule has 132 valence electrons. The molecule has 24 heavy (non-hydrogen) atoms. The average molecular weight is 342 g/mol. The monoisotopic (exact) mass is 342 g/mol. The van der Waals surface area contributed by atoms with Crippen LogP contribution in [0.1, 0.15) is 38.3 Å². The van der Waals surface area contributed by atoms with E-state index < -0.39 is 28.7 Å². The van der Waals surface area contributed by atoms with Crippen LogP contribution in [0.3, 0.4) is 0 Å². The van der Waals surface area contributed by atoms with Gasteiger partial charge in [-0.05, 0) is 35.6 Å². The van der Waals surface area contributed by atoms with E-state index in [4.69, 9.17) is 0 Å². The molecule has 1 saturated heterocycles. The third-order valence-corrected chi connectivity index (χ3v) is 5.18. The van der Waals surface area contributed by atoms with E-state index in [9.17, 15) is 23.1 Å². The fourth-order valence-electron chi connectivity index (χ4n) is 4.49. The van der Waals surface area contributed by atoms with E-state index in [-0.39, 0.29) is 6.04 Å². The SMILES string of the molecule is CC(C)(C)[C@H]1N(C(=O)O)CCC12CNc1ccc(C(F)(F)F)cc12. The molecule has 1 fully saturated rings. The first kappa shape index (κ1) is 16.9. The quantitative estimate of drug-likeness (QED) is 0.744. The summed E-state index contributed by atoms with van der Waals surface area (Å²) in [6.07, 6.45) is -4.92. The molecule has 1 aromatic carbocycles. The van der Waals surface area contributed by atoms with E-state index in [0.29, 0.717) is 30.8 Å². The predicted octanol–water partition coefficient (Wildman–Crippen LogP) is 4.17. The Morgan fingerprint density at radius 1 is 1.33 bits per heavy atom. The second-order valence-corrected chi connectivity index (χ2v) is 7.76. The fourth-order valence-corrected chi connectivity index (χ4v) is 4.49. The highest BCUT2D eigenvalue weighted by atomic mass is 19.4. The van der Waals surface area contributed by atoms with E-state index in [0.717, 1.165) is 6.07 Å². The Morgan fingerprint density at radius 2 is 2.00 bits per heavy atom. The maximum atomic E-state index is 13.1. The molecule has 1 spiro atoms. The molecular weight excluding hydrogens is 321 g/mol. The minimum Gasteiger partial charge on any atom is -0.465 e. The molecule has 4 nitrogen and oxygen atoms in total. The van der Waals surface area contributed by atoms with Crippen molar-refractivity contribution in [3.05, 3.63) is 29.3 Å². The Balaban J connectivity index is 2.15. The van der Waals surface area contributed by atoms with Crippen molar-refractivity contribution >= 4 is 11.8 Å². The molecule has 0 saturated carbocycles. The van der Waals surface area contributed by atoms with Gasteiger partial charge in [0, 0.05) is 24.2 Å². The van der Waals surface area contributed by atoms with Gasteiger partial charge in [0.15, 0.2) is 0 Å². The number of hydrogen-bond acceptors (Lipinski definition) is 2. The van der Waals surface area contributed by atoms with Crippen LogP contribution in [0.25, 0.3) is 0 Å². The lowest BCUT2D eigenvalue weighted by molar-refractivity contribution is -0.137. The van der Waals surface area contributed by atoms with Crippen LogP contribution < -0.4 is 5.32 Å². The maximum Gasteiger partial charge on any atom is 0.416 e. The molecule has 7 heteroatoms. The van der Waals surface area contributed by atoms with E-state index in [1.165, 1.54) is 17.0 Å². The number of nitrogens with one attached hydrogen (secondary N) is 1. The Labute approximate surface area is 138 Å². The molecule has 2 atom stereocenters. The van der Waals surface area contributed by atoms with Gasteiger partial charge in [-0.2, -0.15) is 13.2 Å². The van der Waals surface area contributed by atoms with Gasteiger partial charge in [0.05, 0.1) is 11.6 Å². The summed E-state index contributed by atoms with van der Waals surface area (Å²) in [4.78, 5) is 13.0. The summed E-state index contributed by atoms with van der Waals surface area (Å²) in [5, 5.41) is 12.7. The van der Waals surface area contributed by atoms with Crippen molar-refractivity contribution in [3.8, 4) is 0 Å². The summed E-state index contributed by atoms with van der Waals surface area (Å²) in [6.45, 7) is 6.59. The molecule has 0 bridgehead atoms. The Kier molecular flexibility index (Phi) is 3.55. The minimum atomic E-state index is -4.42. The smallest absolute Gasteiger partial charge is 0.416 e. The van der Waals surface area contributed by atoms with Crippen LogP contribution in [0.15, 0.2) is 18.2 Å². The van der Waals surface area contributed by atoms with Gasteiger partial charge in [-0.15, -0.1) is 0 Å². The van der Waals surface area contributed by atoms with Gasteiger partial charge < -0.3 is 15.3 Å². The van der Waals surface area contributed by atoms with Gasteiger partial charge in [0.25, 0.3) is 0 Å². The predicted molar refractivity (Wildman–Crippen MR) is 84.2 cm³/mol. The molecule has 0 radical (unpaired) electrons. The second kappa shape index (κ2) is 5.04. The van der Waals surface area contributed by atoms with Gasteiger partial charge in [-0.3, -0.25) is 0 Å². The van der Waals surface area contributed by atoms with Crippen LogP contribution in [-0.2, 0) is 11.6 Å². The number of benzene rings is 1.